The molecule has 10 heteroatoms. The Morgan fingerprint density at radius 1 is 1.00 bits per heavy atom. The van der Waals surface area contributed by atoms with Crippen molar-refractivity contribution in [1.29, 1.82) is 0 Å². The summed E-state index contributed by atoms with van der Waals surface area (Å²) in [6.45, 7) is 3.56. The predicted molar refractivity (Wildman–Crippen MR) is 109 cm³/mol. The molecule has 0 saturated carbocycles. The van der Waals surface area contributed by atoms with E-state index in [2.05, 4.69) is 31.1 Å². The van der Waals surface area contributed by atoms with Crippen LogP contribution in [0.2, 0.25) is 0 Å². The monoisotopic (exact) mass is 494 g/mol. The van der Waals surface area contributed by atoms with Gasteiger partial charge >= 0.3 is 6.18 Å². The van der Waals surface area contributed by atoms with Crippen molar-refractivity contribution in [2.45, 2.75) is 26.1 Å². The summed E-state index contributed by atoms with van der Waals surface area (Å²) in [6, 6.07) is 10.7. The van der Waals surface area contributed by atoms with Crippen LogP contribution in [0.1, 0.15) is 25.6 Å². The summed E-state index contributed by atoms with van der Waals surface area (Å²) in [4.78, 5) is 8.01. The van der Waals surface area contributed by atoms with Crippen LogP contribution in [0.3, 0.4) is 0 Å². The molecule has 0 atom stereocenters. The molecule has 2 aromatic heterocycles. The normalized spacial score (nSPS) is 12.0. The van der Waals surface area contributed by atoms with E-state index in [1.165, 1.54) is 16.7 Å². The highest BCUT2D eigenvalue weighted by atomic mass is 79.9. The van der Waals surface area contributed by atoms with Gasteiger partial charge in [-0.1, -0.05) is 33.2 Å². The van der Waals surface area contributed by atoms with Crippen molar-refractivity contribution in [3.63, 3.8) is 0 Å². The molecule has 5 nitrogen and oxygen atoms in total. The van der Waals surface area contributed by atoms with Crippen LogP contribution < -0.4 is 0 Å². The minimum Gasteiger partial charge on any atom is -0.334 e. The smallest absolute Gasteiger partial charge is 0.334 e. The van der Waals surface area contributed by atoms with Crippen LogP contribution in [0.4, 0.5) is 17.6 Å². The van der Waals surface area contributed by atoms with Crippen molar-refractivity contribution in [1.82, 2.24) is 19.7 Å². The summed E-state index contributed by atoms with van der Waals surface area (Å²) >= 11 is 3.27. The maximum absolute atomic E-state index is 14.1. The third-order valence-corrected chi connectivity index (χ3v) is 5.06. The lowest BCUT2D eigenvalue weighted by atomic mass is 10.1. The Morgan fingerprint density at radius 2 is 1.68 bits per heavy atom. The zero-order chi connectivity index (χ0) is 22.3. The van der Waals surface area contributed by atoms with Gasteiger partial charge in [-0.25, -0.2) is 9.37 Å². The summed E-state index contributed by atoms with van der Waals surface area (Å²) < 4.78 is 60.8. The number of hydrogen-bond acceptors (Lipinski definition) is 4. The molecule has 0 fully saturated rings. The summed E-state index contributed by atoms with van der Waals surface area (Å²) in [5, 5.41) is 3.82. The van der Waals surface area contributed by atoms with Crippen LogP contribution >= 0.6 is 15.9 Å². The zero-order valence-electron chi connectivity index (χ0n) is 16.3. The molecule has 0 spiro atoms. The van der Waals surface area contributed by atoms with Crippen molar-refractivity contribution in [2.75, 3.05) is 0 Å². The maximum atomic E-state index is 14.1. The van der Waals surface area contributed by atoms with Gasteiger partial charge in [-0.3, -0.25) is 0 Å². The van der Waals surface area contributed by atoms with Crippen molar-refractivity contribution < 1.29 is 22.1 Å². The van der Waals surface area contributed by atoms with E-state index < -0.39 is 17.7 Å². The van der Waals surface area contributed by atoms with Gasteiger partial charge in [0.25, 0.3) is 5.89 Å². The summed E-state index contributed by atoms with van der Waals surface area (Å²) in [5.41, 5.74) is 0.278. The number of hydrogen-bond donors (Lipinski definition) is 0. The van der Waals surface area contributed by atoms with E-state index in [9.17, 15) is 17.6 Å². The Labute approximate surface area is 182 Å². The highest BCUT2D eigenvalue weighted by Crippen LogP contribution is 2.33. The highest BCUT2D eigenvalue weighted by molar-refractivity contribution is 9.10. The third kappa shape index (κ3) is 4.25. The van der Waals surface area contributed by atoms with E-state index in [-0.39, 0.29) is 29.1 Å². The van der Waals surface area contributed by atoms with Gasteiger partial charge in [-0.2, -0.15) is 18.2 Å². The first kappa shape index (κ1) is 21.2. The van der Waals surface area contributed by atoms with Gasteiger partial charge in [-0.05, 0) is 44.2 Å². The Balaban J connectivity index is 1.67. The second-order valence-corrected chi connectivity index (χ2v) is 7.99. The van der Waals surface area contributed by atoms with Crippen molar-refractivity contribution in [2.24, 2.45) is 0 Å². The predicted octanol–water partition coefficient (Wildman–Crippen LogP) is 6.77. The Kier molecular flexibility index (Phi) is 5.42. The minimum atomic E-state index is -4.53. The average molecular weight is 495 g/mol. The number of halogens is 5. The number of benzene rings is 2. The van der Waals surface area contributed by atoms with Gasteiger partial charge in [0, 0.05) is 27.8 Å². The molecule has 0 bridgehead atoms. The van der Waals surface area contributed by atoms with Crippen LogP contribution in [0, 0.1) is 5.82 Å². The van der Waals surface area contributed by atoms with Crippen molar-refractivity contribution >= 4 is 15.9 Å². The molecule has 0 saturated heterocycles. The van der Waals surface area contributed by atoms with Gasteiger partial charge in [0.2, 0.25) is 5.82 Å². The lowest BCUT2D eigenvalue weighted by Gasteiger charge is -2.11. The maximum Gasteiger partial charge on any atom is 0.434 e. The molecule has 2 aromatic carbocycles. The molecule has 2 heterocycles. The molecule has 0 aliphatic carbocycles. The lowest BCUT2D eigenvalue weighted by molar-refractivity contribution is -0.140. The molecular formula is C21H15BrF4N4O. The van der Waals surface area contributed by atoms with Crippen molar-refractivity contribution in [3.8, 4) is 34.2 Å². The van der Waals surface area contributed by atoms with Crippen LogP contribution in [-0.2, 0) is 6.18 Å². The van der Waals surface area contributed by atoms with E-state index in [0.29, 0.717) is 15.6 Å². The first-order chi connectivity index (χ1) is 14.6. The second kappa shape index (κ2) is 7.92. The summed E-state index contributed by atoms with van der Waals surface area (Å²) in [6.07, 6.45) is -3.53. The van der Waals surface area contributed by atoms with Crippen LogP contribution in [-0.4, -0.2) is 19.7 Å². The molecule has 160 valence electrons. The highest BCUT2D eigenvalue weighted by Gasteiger charge is 2.35. The summed E-state index contributed by atoms with van der Waals surface area (Å²) in [5.74, 6) is -0.0460. The van der Waals surface area contributed by atoms with E-state index >= 15 is 0 Å². The first-order valence-corrected chi connectivity index (χ1v) is 9.99. The minimum absolute atomic E-state index is 0.0862. The largest absolute Gasteiger partial charge is 0.434 e. The second-order valence-electron chi connectivity index (χ2n) is 7.07. The van der Waals surface area contributed by atoms with E-state index in [0.717, 1.165) is 6.20 Å². The molecule has 0 aliphatic rings. The molecule has 0 aliphatic heterocycles. The Morgan fingerprint density at radius 3 is 2.32 bits per heavy atom. The molecule has 0 unspecified atom stereocenters. The molecule has 4 rings (SSSR count). The summed E-state index contributed by atoms with van der Waals surface area (Å²) in [7, 11) is 0. The van der Waals surface area contributed by atoms with Gasteiger partial charge in [0.15, 0.2) is 5.69 Å². The van der Waals surface area contributed by atoms with Gasteiger partial charge in [0.1, 0.15) is 11.6 Å². The first-order valence-electron chi connectivity index (χ1n) is 9.19. The quantitative estimate of drug-likeness (QED) is 0.294. The molecule has 0 N–H and O–H groups in total. The van der Waals surface area contributed by atoms with Crippen molar-refractivity contribution in [3.05, 3.63) is 64.6 Å². The SMILES string of the molecule is CC(C)n1cc(C(F)(F)F)nc1-c1ccc(-c2nc(-c3cc(Br)ccc3F)no2)cc1. The average Bonchev–Trinajstić information content (AvgIpc) is 3.37. The van der Waals surface area contributed by atoms with E-state index in [1.54, 1.807) is 44.2 Å². The number of aromatic nitrogens is 4. The Hall–Kier alpha value is -3.01. The fourth-order valence-corrected chi connectivity index (χ4v) is 3.38. The number of imidazole rings is 1. The van der Waals surface area contributed by atoms with Gasteiger partial charge in [-0.15, -0.1) is 0 Å². The van der Waals surface area contributed by atoms with E-state index in [4.69, 9.17) is 4.52 Å². The number of nitrogens with zero attached hydrogens (tertiary/aromatic N) is 4. The number of alkyl halides is 3. The van der Waals surface area contributed by atoms with Gasteiger partial charge in [0.05, 0.1) is 5.56 Å². The molecular weight excluding hydrogens is 480 g/mol. The number of rotatable bonds is 4. The molecule has 0 amide bonds. The van der Waals surface area contributed by atoms with Gasteiger partial charge < -0.3 is 9.09 Å². The molecule has 0 radical (unpaired) electrons. The zero-order valence-corrected chi connectivity index (χ0v) is 17.9. The van der Waals surface area contributed by atoms with Crippen LogP contribution in [0.25, 0.3) is 34.2 Å². The fraction of sp³-hybridized carbons (Fsp3) is 0.190. The molecule has 4 aromatic rings. The molecule has 31 heavy (non-hydrogen) atoms. The van der Waals surface area contributed by atoms with E-state index in [1.807, 2.05) is 0 Å². The van der Waals surface area contributed by atoms with Crippen LogP contribution in [0.5, 0.6) is 0 Å². The fourth-order valence-electron chi connectivity index (χ4n) is 3.02. The topological polar surface area (TPSA) is 56.7 Å². The Bertz CT molecular complexity index is 1230. The standard InChI is InChI=1S/C21H15BrF4N4O/c1-11(2)30-10-17(21(24,25)26)27-19(30)12-3-5-13(6-4-12)20-28-18(29-31-20)15-9-14(22)7-8-16(15)23/h3-11H,1-2H3. The lowest BCUT2D eigenvalue weighted by Crippen LogP contribution is -2.05. The van der Waals surface area contributed by atoms with Crippen LogP contribution in [0.15, 0.2) is 57.7 Å². The third-order valence-electron chi connectivity index (χ3n) is 4.56.